The van der Waals surface area contributed by atoms with E-state index in [0.29, 0.717) is 0 Å². The average molecular weight is 406 g/mol. The molecule has 2 aromatic heterocycles. The van der Waals surface area contributed by atoms with Crippen LogP contribution in [-0.2, 0) is 0 Å². The highest BCUT2D eigenvalue weighted by Crippen LogP contribution is 2.24. The molecule has 2 aromatic carbocycles. The number of aromatic nitrogens is 2. The van der Waals surface area contributed by atoms with Gasteiger partial charge in [0, 0.05) is 35.3 Å². The number of nitrogens with zero attached hydrogens (tertiary/aromatic N) is 2. The summed E-state index contributed by atoms with van der Waals surface area (Å²) < 4.78 is 42.8. The fraction of sp³-hybridized carbons (Fsp3) is 0.0870. The Kier molecular flexibility index (Phi) is 4.95. The van der Waals surface area contributed by atoms with Crippen LogP contribution >= 0.6 is 0 Å². The van der Waals surface area contributed by atoms with Gasteiger partial charge in [-0.05, 0) is 47.5 Å². The zero-order valence-corrected chi connectivity index (χ0v) is 16.0. The summed E-state index contributed by atoms with van der Waals surface area (Å²) in [6.07, 6.45) is 3.04. The Morgan fingerprint density at radius 2 is 1.70 bits per heavy atom. The summed E-state index contributed by atoms with van der Waals surface area (Å²) in [5.41, 5.74) is 1.40. The first kappa shape index (κ1) is 19.6. The number of fused-ring (bicyclic) bond motifs is 1. The number of hydrogen-bond acceptors (Lipinski definition) is 3. The van der Waals surface area contributed by atoms with E-state index in [1.54, 1.807) is 13.1 Å². The Labute approximate surface area is 170 Å². The van der Waals surface area contributed by atoms with Crippen molar-refractivity contribution in [2.45, 2.75) is 12.8 Å². The van der Waals surface area contributed by atoms with Gasteiger partial charge >= 0.3 is 0 Å². The predicted octanol–water partition coefficient (Wildman–Crippen LogP) is 5.23. The van der Waals surface area contributed by atoms with Crippen molar-refractivity contribution in [2.24, 2.45) is 0 Å². The van der Waals surface area contributed by atoms with Gasteiger partial charge in [0.1, 0.15) is 17.5 Å². The van der Waals surface area contributed by atoms with E-state index < -0.39 is 28.9 Å². The van der Waals surface area contributed by atoms with Crippen LogP contribution in [0.4, 0.5) is 13.2 Å². The van der Waals surface area contributed by atoms with E-state index in [1.807, 2.05) is 30.3 Å². The first-order valence-corrected chi connectivity index (χ1v) is 9.20. The lowest BCUT2D eigenvalue weighted by Gasteiger charge is -2.18. The predicted molar refractivity (Wildman–Crippen MR) is 109 cm³/mol. The third kappa shape index (κ3) is 3.61. The van der Waals surface area contributed by atoms with Crippen molar-refractivity contribution >= 4 is 16.7 Å². The molecule has 0 saturated heterocycles. The third-order valence-electron chi connectivity index (χ3n) is 5.01. The smallest absolute Gasteiger partial charge is 0.167 e. The molecule has 1 atom stereocenters. The van der Waals surface area contributed by atoms with Gasteiger partial charge < -0.3 is 0 Å². The molecular weight excluding hydrogens is 389 g/mol. The Balaban J connectivity index is 1.77. The Bertz CT molecular complexity index is 1320. The second kappa shape index (κ2) is 7.59. The van der Waals surface area contributed by atoms with Crippen molar-refractivity contribution in [3.8, 4) is 11.1 Å². The minimum Gasteiger partial charge on any atom is -0.287 e. The molecule has 0 bridgehead atoms. The van der Waals surface area contributed by atoms with Crippen LogP contribution in [0.3, 0.4) is 0 Å². The molecule has 0 aliphatic rings. The summed E-state index contributed by atoms with van der Waals surface area (Å²) >= 11 is 0. The molecule has 150 valence electrons. The molecule has 30 heavy (non-hydrogen) atoms. The molecule has 7 heteroatoms. The maximum absolute atomic E-state index is 14.5. The lowest BCUT2D eigenvalue weighted by atomic mass is 9.97. The van der Waals surface area contributed by atoms with Crippen LogP contribution in [0, 0.1) is 28.3 Å². The van der Waals surface area contributed by atoms with Crippen molar-refractivity contribution in [1.82, 2.24) is 9.55 Å². The van der Waals surface area contributed by atoms with Crippen LogP contribution in [0.2, 0.25) is 0 Å². The van der Waals surface area contributed by atoms with Crippen molar-refractivity contribution in [1.29, 1.82) is 10.8 Å². The molecule has 4 nitrogen and oxygen atoms in total. The number of benzene rings is 2. The van der Waals surface area contributed by atoms with Crippen LogP contribution in [0.5, 0.6) is 0 Å². The van der Waals surface area contributed by atoms with Gasteiger partial charge in [0.05, 0.1) is 5.52 Å². The maximum atomic E-state index is 14.5. The number of halogens is 3. The molecule has 4 aromatic rings. The van der Waals surface area contributed by atoms with Gasteiger partial charge in [-0.2, -0.15) is 0 Å². The molecule has 0 aliphatic heterocycles. The normalized spacial score (nSPS) is 12.1. The van der Waals surface area contributed by atoms with E-state index in [2.05, 4.69) is 4.98 Å². The van der Waals surface area contributed by atoms with Gasteiger partial charge in [-0.3, -0.25) is 20.4 Å². The minimum absolute atomic E-state index is 0.0409. The Hall–Kier alpha value is -3.74. The highest BCUT2D eigenvalue weighted by Gasteiger charge is 2.17. The Morgan fingerprint density at radius 1 is 0.967 bits per heavy atom. The molecule has 0 saturated carbocycles. The second-order valence-electron chi connectivity index (χ2n) is 7.02. The molecule has 2 heterocycles. The SMILES string of the molecule is C[C@H](C(=N)n1cc(-c2cc(F)cc(F)c2)cc(F)c1=N)c1ccc2ncccc2c1. The largest absolute Gasteiger partial charge is 0.287 e. The molecular formula is C23H17F3N4. The van der Waals surface area contributed by atoms with E-state index >= 15 is 0 Å². The average Bonchev–Trinajstić information content (AvgIpc) is 2.73. The fourth-order valence-electron chi connectivity index (χ4n) is 3.36. The van der Waals surface area contributed by atoms with Crippen LogP contribution < -0.4 is 5.49 Å². The van der Waals surface area contributed by atoms with Crippen molar-refractivity contribution in [3.63, 3.8) is 0 Å². The number of rotatable bonds is 3. The monoisotopic (exact) mass is 406 g/mol. The molecule has 0 fully saturated rings. The second-order valence-corrected chi connectivity index (χ2v) is 7.02. The molecule has 0 spiro atoms. The summed E-state index contributed by atoms with van der Waals surface area (Å²) in [4.78, 5) is 4.27. The van der Waals surface area contributed by atoms with Gasteiger partial charge in [0.2, 0.25) is 0 Å². The lowest BCUT2D eigenvalue weighted by Crippen LogP contribution is -2.31. The lowest BCUT2D eigenvalue weighted by molar-refractivity contribution is 0.582. The summed E-state index contributed by atoms with van der Waals surface area (Å²) in [7, 11) is 0. The van der Waals surface area contributed by atoms with Crippen molar-refractivity contribution < 1.29 is 13.2 Å². The topological polar surface area (TPSA) is 65.5 Å². The zero-order valence-electron chi connectivity index (χ0n) is 16.0. The van der Waals surface area contributed by atoms with Gasteiger partial charge in [0.25, 0.3) is 0 Å². The number of nitrogens with one attached hydrogen (secondary N) is 2. The Morgan fingerprint density at radius 3 is 2.43 bits per heavy atom. The molecule has 0 aliphatic carbocycles. The van der Waals surface area contributed by atoms with Crippen LogP contribution in [0.25, 0.3) is 22.0 Å². The van der Waals surface area contributed by atoms with E-state index in [1.165, 1.54) is 6.20 Å². The quantitative estimate of drug-likeness (QED) is 0.355. The standard InChI is InChI=1S/C23H17F3N4/c1-13(14-4-5-21-15(7-14)3-2-6-29-21)22(27)30-12-17(10-20(26)23(30)28)16-8-18(24)11-19(25)9-16/h2-13,27-28H,1H3/t13-/m0/s1. The van der Waals surface area contributed by atoms with Crippen LogP contribution in [0.1, 0.15) is 18.4 Å². The summed E-state index contributed by atoms with van der Waals surface area (Å²) in [6.45, 7) is 1.78. The first-order chi connectivity index (χ1) is 14.3. The third-order valence-corrected chi connectivity index (χ3v) is 5.01. The van der Waals surface area contributed by atoms with Gasteiger partial charge in [-0.1, -0.05) is 19.1 Å². The van der Waals surface area contributed by atoms with Crippen molar-refractivity contribution in [3.05, 3.63) is 95.5 Å². The first-order valence-electron chi connectivity index (χ1n) is 9.20. The van der Waals surface area contributed by atoms with E-state index in [0.717, 1.165) is 45.3 Å². The zero-order chi connectivity index (χ0) is 21.4. The maximum Gasteiger partial charge on any atom is 0.167 e. The summed E-state index contributed by atoms with van der Waals surface area (Å²) in [6, 6.07) is 13.2. The van der Waals surface area contributed by atoms with Crippen LogP contribution in [-0.4, -0.2) is 15.4 Å². The van der Waals surface area contributed by atoms with Crippen LogP contribution in [0.15, 0.2) is 67.0 Å². The fourth-order valence-corrected chi connectivity index (χ4v) is 3.36. The van der Waals surface area contributed by atoms with Gasteiger partial charge in [-0.25, -0.2) is 13.2 Å². The van der Waals surface area contributed by atoms with E-state index in [4.69, 9.17) is 10.8 Å². The van der Waals surface area contributed by atoms with Gasteiger partial charge in [-0.15, -0.1) is 0 Å². The molecule has 2 N–H and O–H groups in total. The summed E-state index contributed by atoms with van der Waals surface area (Å²) in [5.74, 6) is -2.99. The van der Waals surface area contributed by atoms with E-state index in [-0.39, 0.29) is 17.0 Å². The number of hydrogen-bond donors (Lipinski definition) is 2. The molecule has 0 radical (unpaired) electrons. The molecule has 0 unspecified atom stereocenters. The minimum atomic E-state index is -0.892. The highest BCUT2D eigenvalue weighted by atomic mass is 19.1. The molecule has 0 amide bonds. The molecule has 4 rings (SSSR count). The highest BCUT2D eigenvalue weighted by molar-refractivity contribution is 5.90. The number of pyridine rings is 2. The van der Waals surface area contributed by atoms with E-state index in [9.17, 15) is 13.2 Å². The van der Waals surface area contributed by atoms with Gasteiger partial charge in [0.15, 0.2) is 11.3 Å². The summed E-state index contributed by atoms with van der Waals surface area (Å²) in [5, 5.41) is 17.5. The van der Waals surface area contributed by atoms with Crippen molar-refractivity contribution in [2.75, 3.05) is 0 Å².